The number of aliphatic carboxylic acids is 5. The third-order valence-corrected chi connectivity index (χ3v) is 38.8. The van der Waals surface area contributed by atoms with E-state index in [1.54, 1.807) is 353 Å². The SMILES string of the molecule is CCOP(=O)(C(=O)c1c(C)cc(C)c(OCC(=O)O)c1C)c1ccccc1.Cc1cc(C(C)(C)C)c(OCC(=O)O)c(C)c1C(=O)P(=O)(c1ccccc1)c1ccccc1.Cc1cc(C)c(C(=O)P(=O)(c2ccccc2)C(C)(C)C)c(C)c1OCC(=O)O.Cc1cc(C)c(C(=O)P(=O)(c2ccccc2)c2ccccc2)c(C)c1OCC(=O)O.Cc1ccc(OCC(=O)O)c(C)c1C(=O)P(=O)(c1ccccc1)c1ccccc1. The van der Waals surface area contributed by atoms with Crippen LogP contribution in [0.3, 0.4) is 0 Å². The summed E-state index contributed by atoms with van der Waals surface area (Å²) in [5.41, 5.74) is 7.33. The predicted octanol–water partition coefficient (Wildman–Crippen LogP) is 21.9. The average molecular weight is 2090 g/mol. The van der Waals surface area contributed by atoms with Gasteiger partial charge in [-0.15, -0.1) is 0 Å². The third kappa shape index (κ3) is 26.6. The quantitative estimate of drug-likeness (QED) is 0.0230. The van der Waals surface area contributed by atoms with E-state index in [4.69, 9.17) is 48.6 Å². The van der Waals surface area contributed by atoms with E-state index in [2.05, 4.69) is 0 Å². The Morgan fingerprint density at radius 3 is 0.748 bits per heavy atom. The van der Waals surface area contributed by atoms with Gasteiger partial charge in [-0.1, -0.05) is 302 Å². The van der Waals surface area contributed by atoms with Crippen molar-refractivity contribution in [1.82, 2.24) is 0 Å². The van der Waals surface area contributed by atoms with E-state index in [-0.39, 0.29) is 23.3 Å². The molecule has 26 nitrogen and oxygen atoms in total. The molecule has 0 saturated carbocycles. The molecule has 0 aromatic heterocycles. The Bertz CT molecular complexity index is 7200. The minimum Gasteiger partial charge on any atom is -0.482 e. The topological polar surface area (TPSA) is 413 Å². The molecular formula is C116H123O26P5. The zero-order valence-corrected chi connectivity index (χ0v) is 90.3. The fourth-order valence-electron chi connectivity index (χ4n) is 17.4. The molecule has 0 aliphatic rings. The summed E-state index contributed by atoms with van der Waals surface area (Å²) in [5.74, 6) is -3.92. The summed E-state index contributed by atoms with van der Waals surface area (Å²) >= 11 is 0. The van der Waals surface area contributed by atoms with Crippen LogP contribution in [0.4, 0.5) is 0 Å². The fraction of sp³-hybridized carbons (Fsp3) is 0.241. The van der Waals surface area contributed by atoms with E-state index in [0.717, 1.165) is 16.7 Å². The molecule has 13 rings (SSSR count). The maximum atomic E-state index is 14.6. The second-order valence-electron chi connectivity index (χ2n) is 36.9. The van der Waals surface area contributed by atoms with E-state index < -0.39 is 132 Å². The van der Waals surface area contributed by atoms with Crippen LogP contribution in [0.25, 0.3) is 0 Å². The zero-order valence-electron chi connectivity index (χ0n) is 85.8. The highest BCUT2D eigenvalue weighted by Crippen LogP contribution is 2.61. The number of carbonyl (C=O) groups excluding carboxylic acids is 5. The molecule has 13 aromatic carbocycles. The molecule has 768 valence electrons. The van der Waals surface area contributed by atoms with Gasteiger partial charge in [-0.05, 0) is 165 Å². The lowest BCUT2D eigenvalue weighted by molar-refractivity contribution is -0.140. The number of hydrogen-bond acceptors (Lipinski definition) is 21. The van der Waals surface area contributed by atoms with Gasteiger partial charge in [0, 0.05) is 109 Å². The third-order valence-electron chi connectivity index (χ3n) is 24.2. The van der Waals surface area contributed by atoms with E-state index in [1.807, 2.05) is 64.1 Å². The van der Waals surface area contributed by atoms with Crippen molar-refractivity contribution in [3.63, 3.8) is 0 Å². The maximum Gasteiger partial charge on any atom is 0.341 e. The Kier molecular flexibility index (Phi) is 39.7. The first kappa shape index (κ1) is 116. The van der Waals surface area contributed by atoms with Crippen LogP contribution in [0.2, 0.25) is 0 Å². The Labute approximate surface area is 857 Å². The van der Waals surface area contributed by atoms with Crippen molar-refractivity contribution in [2.45, 2.75) is 149 Å². The lowest BCUT2D eigenvalue weighted by atomic mass is 9.83. The van der Waals surface area contributed by atoms with Crippen molar-refractivity contribution in [1.29, 1.82) is 0 Å². The van der Waals surface area contributed by atoms with E-state index >= 15 is 0 Å². The number of rotatable bonds is 35. The molecule has 2 atom stereocenters. The summed E-state index contributed by atoms with van der Waals surface area (Å²) in [7, 11) is -18.4. The first-order valence-electron chi connectivity index (χ1n) is 46.9. The standard InChI is InChI=1S/C27H29O5P.C24H23O5P.C23H21O5P.C22H27O5P.C20H23O6P/c1-18-16-22(27(3,4)5)25(32-17-23(28)29)19(2)24(18)26(30)33(31,20-12-8-6-9-13-20)21-14-10-7-11-15-21;1-16-14-17(2)23(29-15-21(25)26)18(3)22(16)24(27)30(28,19-10-6-4-7-11-19)20-12-8-5-9-13-20;1-16-13-14-20(28-15-21(24)25)17(2)22(16)23(26)29(27,18-9-5-3-6-10-18)19-11-7-4-8-12-19;1-14-12-15(2)20(27-13-18(23)24)16(3)19(14)21(25)28(26,22(4,5)6)17-10-8-7-9-11-17;1-5-26-27(24,16-9-7-6-8-10-16)20(23)18-13(2)11-14(3)19(15(18)4)25-12-17(21)22/h6-16H,17H2,1-5H3,(H,28,29);4-14H,15H2,1-3H3,(H,25,26);3-14H,15H2,1-2H3,(H,24,25);7-12H,13H2,1-6H3,(H,23,24);6-11H,5,12H2,1-4H3,(H,21,22). The molecule has 5 N–H and O–H groups in total. The maximum absolute atomic E-state index is 14.6. The highest BCUT2D eigenvalue weighted by atomic mass is 31.2. The van der Waals surface area contributed by atoms with Gasteiger partial charge in [0.2, 0.25) is 43.5 Å². The summed E-state index contributed by atoms with van der Waals surface area (Å²) in [5, 5.41) is 47.6. The summed E-state index contributed by atoms with van der Waals surface area (Å²) in [4.78, 5) is 124. The van der Waals surface area contributed by atoms with Gasteiger partial charge in [-0.25, -0.2) is 24.0 Å². The number of carboxylic acid groups (broad SMARTS) is 5. The van der Waals surface area contributed by atoms with Gasteiger partial charge >= 0.3 is 37.2 Å². The van der Waals surface area contributed by atoms with E-state index in [1.165, 1.54) is 0 Å². The first-order chi connectivity index (χ1) is 69.2. The molecule has 0 saturated heterocycles. The van der Waals surface area contributed by atoms with Crippen LogP contribution in [0.5, 0.6) is 28.7 Å². The van der Waals surface area contributed by atoms with Crippen molar-refractivity contribution in [3.05, 3.63) is 385 Å². The van der Waals surface area contributed by atoms with E-state index in [0.29, 0.717) is 149 Å². The van der Waals surface area contributed by atoms with Gasteiger partial charge in [0.25, 0.3) is 5.52 Å². The van der Waals surface area contributed by atoms with Crippen LogP contribution in [-0.2, 0) is 56.7 Å². The van der Waals surface area contributed by atoms with Gasteiger partial charge < -0.3 is 72.0 Å². The van der Waals surface area contributed by atoms with Crippen LogP contribution < -0.4 is 66.1 Å². The highest BCUT2D eigenvalue weighted by molar-refractivity contribution is 7.94. The summed E-state index contributed by atoms with van der Waals surface area (Å²) < 4.78 is 104. The Morgan fingerprint density at radius 1 is 0.252 bits per heavy atom. The second kappa shape index (κ2) is 50.2. The molecule has 0 radical (unpaired) electrons. The van der Waals surface area contributed by atoms with Gasteiger partial charge in [0.1, 0.15) is 28.7 Å². The van der Waals surface area contributed by atoms with Crippen molar-refractivity contribution in [2.75, 3.05) is 39.6 Å². The largest absolute Gasteiger partial charge is 0.482 e. The normalized spacial score (nSPS) is 12.1. The zero-order chi connectivity index (χ0) is 109. The monoisotopic (exact) mass is 2090 g/mol. The fourth-order valence-corrected chi connectivity index (χ4v) is 30.2. The molecular weight excluding hydrogens is 1960 g/mol. The average Bonchev–Trinajstić information content (AvgIpc) is 0.738. The van der Waals surface area contributed by atoms with Crippen LogP contribution in [0.1, 0.15) is 178 Å². The molecule has 13 aromatic rings. The molecule has 0 heterocycles. The van der Waals surface area contributed by atoms with Crippen LogP contribution in [0, 0.1) is 90.0 Å². The molecule has 0 fully saturated rings. The van der Waals surface area contributed by atoms with Gasteiger partial charge in [0.15, 0.2) is 40.2 Å². The smallest absolute Gasteiger partial charge is 0.341 e. The highest BCUT2D eigenvalue weighted by Gasteiger charge is 2.48. The summed E-state index contributed by atoms with van der Waals surface area (Å²) in [6, 6.07) is 80.0. The molecule has 147 heavy (non-hydrogen) atoms. The molecule has 2 unspecified atom stereocenters. The number of aryl methyl sites for hydroxylation is 8. The van der Waals surface area contributed by atoms with Gasteiger partial charge in [-0.2, -0.15) is 0 Å². The van der Waals surface area contributed by atoms with Crippen LogP contribution in [-0.4, -0.2) is 128 Å². The minimum atomic E-state index is -3.82. The Morgan fingerprint density at radius 2 is 0.483 bits per heavy atom. The van der Waals surface area contributed by atoms with Gasteiger partial charge in [0.05, 0.1) is 6.61 Å². The lowest BCUT2D eigenvalue weighted by Gasteiger charge is -2.31. The molecule has 31 heteroatoms. The molecule has 0 spiro atoms. The van der Waals surface area contributed by atoms with Crippen molar-refractivity contribution in [2.24, 2.45) is 0 Å². The number of hydrogen-bond donors (Lipinski definition) is 5. The van der Waals surface area contributed by atoms with Crippen LogP contribution in [0.15, 0.2) is 279 Å². The Balaban J connectivity index is 0.000000205. The van der Waals surface area contributed by atoms with Crippen molar-refractivity contribution < 1.29 is 125 Å². The number of ether oxygens (including phenoxy) is 5. The van der Waals surface area contributed by atoms with Crippen molar-refractivity contribution >= 4 is 136 Å². The summed E-state index contributed by atoms with van der Waals surface area (Å²) in [6.07, 6.45) is 0. The number of carboxylic acids is 5. The van der Waals surface area contributed by atoms with E-state index in [9.17, 15) is 75.9 Å². The molecule has 0 amide bonds. The second-order valence-corrected chi connectivity index (χ2v) is 50.7. The van der Waals surface area contributed by atoms with Crippen molar-refractivity contribution in [3.8, 4) is 28.7 Å². The summed E-state index contributed by atoms with van der Waals surface area (Å²) in [6.45, 7) is 33.3. The molecule has 0 aliphatic carbocycles. The molecule has 0 aliphatic heterocycles. The number of carbonyl (C=O) groups is 10. The predicted molar refractivity (Wildman–Crippen MR) is 578 cm³/mol. The minimum absolute atomic E-state index is 0.115. The van der Waals surface area contributed by atoms with Crippen LogP contribution >= 0.6 is 35.9 Å². The lowest BCUT2D eigenvalue weighted by Crippen LogP contribution is -2.29. The molecule has 0 bridgehead atoms. The van der Waals surface area contributed by atoms with Gasteiger partial charge in [-0.3, -0.25) is 28.5 Å². The first-order valence-corrected chi connectivity index (χ1v) is 55.3. The Hall–Kier alpha value is -14.3. The number of benzene rings is 13.